The molecule has 106 valence electrons. The second-order valence-corrected chi connectivity index (χ2v) is 7.58. The van der Waals surface area contributed by atoms with Crippen LogP contribution >= 0.6 is 15.9 Å². The predicted molar refractivity (Wildman–Crippen MR) is 83.3 cm³/mol. The monoisotopic (exact) mass is 325 g/mol. The highest BCUT2D eigenvalue weighted by molar-refractivity contribution is 9.10. The zero-order valence-electron chi connectivity index (χ0n) is 12.5. The second kappa shape index (κ2) is 5.19. The van der Waals surface area contributed by atoms with Crippen LogP contribution in [0.4, 0.5) is 0 Å². The molecule has 2 nitrogen and oxygen atoms in total. The minimum absolute atomic E-state index is 0.0411. The molecule has 0 spiro atoms. The predicted octanol–water partition coefficient (Wildman–Crippen LogP) is 4.45. The highest BCUT2D eigenvalue weighted by atomic mass is 79.9. The van der Waals surface area contributed by atoms with Crippen LogP contribution in [-0.2, 0) is 4.74 Å². The van der Waals surface area contributed by atoms with E-state index in [-0.39, 0.29) is 11.2 Å². The molecule has 0 amide bonds. The van der Waals surface area contributed by atoms with Crippen LogP contribution in [0.2, 0.25) is 0 Å². The lowest BCUT2D eigenvalue weighted by atomic mass is 9.93. The van der Waals surface area contributed by atoms with Gasteiger partial charge in [-0.1, -0.05) is 28.1 Å². The summed E-state index contributed by atoms with van der Waals surface area (Å²) in [5.41, 5.74) is 1.15. The summed E-state index contributed by atoms with van der Waals surface area (Å²) in [6.45, 7) is 10.9. The molecule has 0 saturated carbocycles. The first-order chi connectivity index (χ1) is 8.70. The number of hydrogen-bond donors (Lipinski definition) is 1. The fourth-order valence-electron chi connectivity index (χ4n) is 2.97. The van der Waals surface area contributed by atoms with Gasteiger partial charge in [-0.15, -0.1) is 0 Å². The molecule has 1 fully saturated rings. The molecule has 1 aromatic carbocycles. The average molecular weight is 326 g/mol. The molecular weight excluding hydrogens is 302 g/mol. The largest absolute Gasteiger partial charge is 0.368 e. The van der Waals surface area contributed by atoms with Crippen molar-refractivity contribution in [3.05, 3.63) is 34.3 Å². The molecule has 0 bridgehead atoms. The minimum atomic E-state index is -0.118. The van der Waals surface area contributed by atoms with E-state index in [1.807, 2.05) is 0 Å². The number of nitrogens with one attached hydrogen (secondary N) is 1. The third-order valence-electron chi connectivity index (χ3n) is 3.90. The summed E-state index contributed by atoms with van der Waals surface area (Å²) in [6.07, 6.45) is 1.04. The maximum Gasteiger partial charge on any atom is 0.0787 e. The van der Waals surface area contributed by atoms with Gasteiger partial charge in [-0.05, 0) is 58.7 Å². The van der Waals surface area contributed by atoms with Crippen molar-refractivity contribution in [2.45, 2.75) is 64.3 Å². The average Bonchev–Trinajstić information content (AvgIpc) is 2.47. The molecule has 19 heavy (non-hydrogen) atoms. The lowest BCUT2D eigenvalue weighted by molar-refractivity contribution is -0.0703. The molecule has 1 aromatic rings. The Morgan fingerprint density at radius 1 is 1.21 bits per heavy atom. The van der Waals surface area contributed by atoms with Crippen molar-refractivity contribution >= 4 is 15.9 Å². The van der Waals surface area contributed by atoms with Crippen molar-refractivity contribution in [3.63, 3.8) is 0 Å². The van der Waals surface area contributed by atoms with Gasteiger partial charge in [-0.3, -0.25) is 0 Å². The number of halogens is 1. The van der Waals surface area contributed by atoms with E-state index in [9.17, 15) is 0 Å². The molecule has 1 unspecified atom stereocenters. The Labute approximate surface area is 125 Å². The number of ether oxygens (including phenoxy) is 1. The Balaban J connectivity index is 2.07. The number of rotatable bonds is 3. The molecule has 2 atom stereocenters. The SMILES string of the molecule is C[C@@H](NC1CC(C)(C)OC1(C)C)c1ccc(Br)cc1. The summed E-state index contributed by atoms with van der Waals surface area (Å²) < 4.78 is 7.25. The van der Waals surface area contributed by atoms with Crippen molar-refractivity contribution in [2.24, 2.45) is 0 Å². The van der Waals surface area contributed by atoms with Gasteiger partial charge in [0.05, 0.1) is 11.2 Å². The molecule has 2 rings (SSSR count). The highest BCUT2D eigenvalue weighted by Crippen LogP contribution is 2.38. The summed E-state index contributed by atoms with van der Waals surface area (Å²) in [6, 6.07) is 9.21. The van der Waals surface area contributed by atoms with E-state index in [1.54, 1.807) is 0 Å². The number of benzene rings is 1. The Morgan fingerprint density at radius 2 is 1.79 bits per heavy atom. The van der Waals surface area contributed by atoms with Gasteiger partial charge in [0.15, 0.2) is 0 Å². The van der Waals surface area contributed by atoms with Crippen LogP contribution in [0.3, 0.4) is 0 Å². The first-order valence-corrected chi connectivity index (χ1v) is 7.71. The van der Waals surface area contributed by atoms with Gasteiger partial charge in [-0.2, -0.15) is 0 Å². The minimum Gasteiger partial charge on any atom is -0.368 e. The number of hydrogen-bond acceptors (Lipinski definition) is 2. The van der Waals surface area contributed by atoms with E-state index in [2.05, 4.69) is 80.1 Å². The summed E-state index contributed by atoms with van der Waals surface area (Å²) in [5, 5.41) is 3.72. The molecule has 3 heteroatoms. The lowest BCUT2D eigenvalue weighted by Crippen LogP contribution is -2.44. The quantitative estimate of drug-likeness (QED) is 0.886. The molecule has 1 saturated heterocycles. The van der Waals surface area contributed by atoms with E-state index >= 15 is 0 Å². The molecule has 1 heterocycles. The molecule has 1 aliphatic rings. The van der Waals surface area contributed by atoms with E-state index in [4.69, 9.17) is 4.74 Å². The zero-order chi connectivity index (χ0) is 14.3. The van der Waals surface area contributed by atoms with Crippen LogP contribution < -0.4 is 5.32 Å². The van der Waals surface area contributed by atoms with Crippen LogP contribution in [-0.4, -0.2) is 17.2 Å². The Hall–Kier alpha value is -0.380. The smallest absolute Gasteiger partial charge is 0.0787 e. The van der Waals surface area contributed by atoms with Gasteiger partial charge in [0.2, 0.25) is 0 Å². The van der Waals surface area contributed by atoms with E-state index in [0.29, 0.717) is 12.1 Å². The maximum atomic E-state index is 6.13. The lowest BCUT2D eigenvalue weighted by Gasteiger charge is -2.30. The summed E-state index contributed by atoms with van der Waals surface area (Å²) in [4.78, 5) is 0. The van der Waals surface area contributed by atoms with Crippen LogP contribution in [0.15, 0.2) is 28.7 Å². The van der Waals surface area contributed by atoms with Crippen molar-refractivity contribution in [3.8, 4) is 0 Å². The first-order valence-electron chi connectivity index (χ1n) is 6.91. The fraction of sp³-hybridized carbons (Fsp3) is 0.625. The van der Waals surface area contributed by atoms with Crippen molar-refractivity contribution in [1.29, 1.82) is 0 Å². The summed E-state index contributed by atoms with van der Waals surface area (Å²) in [5.74, 6) is 0. The molecular formula is C16H24BrNO. The van der Waals surface area contributed by atoms with Crippen LogP contribution in [0.5, 0.6) is 0 Å². The molecule has 1 aliphatic heterocycles. The van der Waals surface area contributed by atoms with E-state index in [1.165, 1.54) is 5.56 Å². The summed E-state index contributed by atoms with van der Waals surface area (Å²) >= 11 is 3.48. The Bertz CT molecular complexity index is 439. The fourth-order valence-corrected chi connectivity index (χ4v) is 3.24. The second-order valence-electron chi connectivity index (χ2n) is 6.66. The van der Waals surface area contributed by atoms with Crippen molar-refractivity contribution < 1.29 is 4.74 Å². The molecule has 0 aromatic heterocycles. The standard InChI is InChI=1S/C16H24BrNO/c1-11(12-6-8-13(17)9-7-12)18-14-10-15(2,3)19-16(14,4)5/h6-9,11,14,18H,10H2,1-5H3/t11-,14?/m1/s1. The zero-order valence-corrected chi connectivity index (χ0v) is 14.0. The Morgan fingerprint density at radius 3 is 2.26 bits per heavy atom. The van der Waals surface area contributed by atoms with Crippen molar-refractivity contribution in [1.82, 2.24) is 5.32 Å². The first kappa shape index (κ1) is 15.0. The topological polar surface area (TPSA) is 21.3 Å². The van der Waals surface area contributed by atoms with Crippen LogP contribution in [0.25, 0.3) is 0 Å². The third kappa shape index (κ3) is 3.59. The normalized spacial score (nSPS) is 26.3. The van der Waals surface area contributed by atoms with Gasteiger partial charge in [-0.25, -0.2) is 0 Å². The molecule has 0 radical (unpaired) electrons. The van der Waals surface area contributed by atoms with Crippen molar-refractivity contribution in [2.75, 3.05) is 0 Å². The van der Waals surface area contributed by atoms with Gasteiger partial charge in [0, 0.05) is 16.6 Å². The van der Waals surface area contributed by atoms with Gasteiger partial charge in [0.1, 0.15) is 0 Å². The summed E-state index contributed by atoms with van der Waals surface area (Å²) in [7, 11) is 0. The van der Waals surface area contributed by atoms with E-state index in [0.717, 1.165) is 10.9 Å². The van der Waals surface area contributed by atoms with E-state index < -0.39 is 0 Å². The van der Waals surface area contributed by atoms with Gasteiger partial charge >= 0.3 is 0 Å². The maximum absolute atomic E-state index is 6.13. The molecule has 1 N–H and O–H groups in total. The Kier molecular flexibility index (Phi) is 4.10. The molecule has 0 aliphatic carbocycles. The highest BCUT2D eigenvalue weighted by Gasteiger charge is 2.46. The third-order valence-corrected chi connectivity index (χ3v) is 4.42. The van der Waals surface area contributed by atoms with Gasteiger partial charge < -0.3 is 10.1 Å². The van der Waals surface area contributed by atoms with Gasteiger partial charge in [0.25, 0.3) is 0 Å². The van der Waals surface area contributed by atoms with Crippen LogP contribution in [0, 0.1) is 0 Å². The van der Waals surface area contributed by atoms with Crippen LogP contribution in [0.1, 0.15) is 52.6 Å².